The maximum atomic E-state index is 12.9. The molecule has 3 nitrogen and oxygen atoms in total. The molecular weight excluding hydrogens is 139 g/mol. The summed E-state index contributed by atoms with van der Waals surface area (Å²) in [4.78, 5) is 10.6. The number of hydrogen-bond acceptors (Lipinski definition) is 3. The molecule has 1 aliphatic heterocycles. The fraction of sp³-hybridized carbons (Fsp3) is 0.833. The third-order valence-electron chi connectivity index (χ3n) is 1.51. The van der Waals surface area contributed by atoms with Crippen molar-refractivity contribution < 1.29 is 19.0 Å². The predicted molar refractivity (Wildman–Crippen MR) is 31.1 cm³/mol. The average molecular weight is 148 g/mol. The Balaban J connectivity index is 2.62. The Morgan fingerprint density at radius 1 is 2.00 bits per heavy atom. The van der Waals surface area contributed by atoms with Gasteiger partial charge in [0.05, 0.1) is 6.61 Å². The lowest BCUT2D eigenvalue weighted by Crippen LogP contribution is -2.23. The molecule has 0 saturated carbocycles. The van der Waals surface area contributed by atoms with Crippen LogP contribution in [0.1, 0.15) is 13.3 Å². The number of alkyl halides is 1. The Bertz CT molecular complexity index is 155. The van der Waals surface area contributed by atoms with Gasteiger partial charge < -0.3 is 9.84 Å². The molecule has 1 N–H and O–H groups in total. The van der Waals surface area contributed by atoms with E-state index in [1.54, 1.807) is 0 Å². The van der Waals surface area contributed by atoms with Crippen LogP contribution in [0.15, 0.2) is 0 Å². The molecule has 0 radical (unpaired) electrons. The molecule has 1 heterocycles. The zero-order chi connectivity index (χ0) is 7.78. The van der Waals surface area contributed by atoms with Gasteiger partial charge in [-0.3, -0.25) is 0 Å². The summed E-state index contributed by atoms with van der Waals surface area (Å²) in [5, 5.41) is 8.47. The predicted octanol–water partition coefficient (Wildman–Crippen LogP) is 0.0224. The van der Waals surface area contributed by atoms with E-state index >= 15 is 0 Å². The Hall–Kier alpha value is -0.640. The minimum atomic E-state index is -1.90. The van der Waals surface area contributed by atoms with E-state index in [1.807, 2.05) is 0 Å². The number of halogens is 1. The molecule has 10 heavy (non-hydrogen) atoms. The maximum absolute atomic E-state index is 12.9. The minimum absolute atomic E-state index is 0.0394. The summed E-state index contributed by atoms with van der Waals surface area (Å²) in [5.74, 6) is -0.869. The number of hydrogen-bond donors (Lipinski definition) is 1. The van der Waals surface area contributed by atoms with Crippen LogP contribution in [0.5, 0.6) is 0 Å². The summed E-state index contributed by atoms with van der Waals surface area (Å²) in [7, 11) is 0. The fourth-order valence-corrected chi connectivity index (χ4v) is 0.929. The highest BCUT2D eigenvalue weighted by atomic mass is 19.1. The molecule has 0 spiro atoms. The zero-order valence-electron chi connectivity index (χ0n) is 5.63. The van der Waals surface area contributed by atoms with Crippen LogP contribution >= 0.6 is 0 Å². The van der Waals surface area contributed by atoms with E-state index in [4.69, 9.17) is 5.11 Å². The fourth-order valence-electron chi connectivity index (χ4n) is 0.929. The monoisotopic (exact) mass is 148 g/mol. The van der Waals surface area contributed by atoms with Gasteiger partial charge in [0.1, 0.15) is 6.10 Å². The van der Waals surface area contributed by atoms with Crippen LogP contribution in [0.3, 0.4) is 0 Å². The van der Waals surface area contributed by atoms with Crippen molar-refractivity contribution in [1.82, 2.24) is 0 Å². The number of aliphatic hydroxyl groups excluding tert-OH is 1. The Kier molecular flexibility index (Phi) is 1.64. The van der Waals surface area contributed by atoms with Gasteiger partial charge in [0.15, 0.2) is 0 Å². The quantitative estimate of drug-likeness (QED) is 0.533. The van der Waals surface area contributed by atoms with Gasteiger partial charge in [-0.2, -0.15) is 0 Å². The first-order chi connectivity index (χ1) is 4.56. The van der Waals surface area contributed by atoms with Crippen molar-refractivity contribution in [2.45, 2.75) is 25.1 Å². The number of carbonyl (C=O) groups excluding carboxylic acids is 1. The normalized spacial score (nSPS) is 39.9. The molecule has 1 aliphatic rings. The standard InChI is InChI=1S/C6H9FO3/c1-6(7)2-4(3-8)10-5(6)9/h4,8H,2-3H2,1H3/t4-,6+/m0/s1. The topological polar surface area (TPSA) is 46.5 Å². The van der Waals surface area contributed by atoms with Crippen molar-refractivity contribution >= 4 is 5.97 Å². The van der Waals surface area contributed by atoms with Gasteiger partial charge >= 0.3 is 5.97 Å². The lowest BCUT2D eigenvalue weighted by molar-refractivity contribution is -0.150. The summed E-state index contributed by atoms with van der Waals surface area (Å²) < 4.78 is 17.3. The highest BCUT2D eigenvalue weighted by Gasteiger charge is 2.45. The lowest BCUT2D eigenvalue weighted by atomic mass is 10.1. The number of cyclic esters (lactones) is 1. The number of carbonyl (C=O) groups is 1. The van der Waals surface area contributed by atoms with Gasteiger partial charge in [0.25, 0.3) is 0 Å². The Labute approximate surface area is 57.8 Å². The van der Waals surface area contributed by atoms with Crippen molar-refractivity contribution in [2.75, 3.05) is 6.61 Å². The van der Waals surface area contributed by atoms with Gasteiger partial charge in [0, 0.05) is 6.42 Å². The van der Waals surface area contributed by atoms with E-state index in [0.29, 0.717) is 0 Å². The average Bonchev–Trinajstić information content (AvgIpc) is 2.08. The van der Waals surface area contributed by atoms with Crippen LogP contribution in [0.25, 0.3) is 0 Å². The second-order valence-corrected chi connectivity index (χ2v) is 2.61. The summed E-state index contributed by atoms with van der Waals surface area (Å²) in [6.45, 7) is 0.857. The molecule has 0 aromatic carbocycles. The first kappa shape index (κ1) is 7.47. The second-order valence-electron chi connectivity index (χ2n) is 2.61. The molecule has 1 rings (SSSR count). The molecule has 1 fully saturated rings. The molecular formula is C6H9FO3. The lowest BCUT2D eigenvalue weighted by Gasteiger charge is -2.03. The maximum Gasteiger partial charge on any atom is 0.344 e. The van der Waals surface area contributed by atoms with Crippen molar-refractivity contribution in [3.63, 3.8) is 0 Å². The van der Waals surface area contributed by atoms with Crippen LogP contribution in [0.4, 0.5) is 4.39 Å². The molecule has 0 aromatic rings. The minimum Gasteiger partial charge on any atom is -0.457 e. The molecule has 4 heteroatoms. The molecule has 1 saturated heterocycles. The molecule has 0 aliphatic carbocycles. The molecule has 0 aromatic heterocycles. The van der Waals surface area contributed by atoms with Gasteiger partial charge in [-0.15, -0.1) is 0 Å². The number of esters is 1. The van der Waals surface area contributed by atoms with Gasteiger partial charge in [-0.1, -0.05) is 0 Å². The summed E-state index contributed by atoms with van der Waals surface area (Å²) in [5.41, 5.74) is -1.90. The van der Waals surface area contributed by atoms with Gasteiger partial charge in [-0.25, -0.2) is 9.18 Å². The zero-order valence-corrected chi connectivity index (χ0v) is 5.63. The first-order valence-electron chi connectivity index (χ1n) is 3.07. The highest BCUT2D eigenvalue weighted by molar-refractivity contribution is 5.81. The first-order valence-corrected chi connectivity index (χ1v) is 3.07. The largest absolute Gasteiger partial charge is 0.457 e. The van der Waals surface area contributed by atoms with Crippen molar-refractivity contribution in [3.05, 3.63) is 0 Å². The van der Waals surface area contributed by atoms with Crippen molar-refractivity contribution in [3.8, 4) is 0 Å². The second kappa shape index (κ2) is 2.20. The smallest absolute Gasteiger partial charge is 0.344 e. The van der Waals surface area contributed by atoms with Crippen molar-refractivity contribution in [1.29, 1.82) is 0 Å². The van der Waals surface area contributed by atoms with E-state index in [0.717, 1.165) is 6.92 Å². The highest BCUT2D eigenvalue weighted by Crippen LogP contribution is 2.28. The molecule has 2 atom stereocenters. The summed E-state index contributed by atoms with van der Waals surface area (Å²) in [6.07, 6.45) is -0.690. The Morgan fingerprint density at radius 2 is 2.60 bits per heavy atom. The number of ether oxygens (including phenoxy) is 1. The summed E-state index contributed by atoms with van der Waals surface area (Å²) in [6, 6.07) is 0. The van der Waals surface area contributed by atoms with Crippen molar-refractivity contribution in [2.24, 2.45) is 0 Å². The van der Waals surface area contributed by atoms with Crippen LogP contribution in [0.2, 0.25) is 0 Å². The van der Waals surface area contributed by atoms with E-state index < -0.39 is 17.7 Å². The summed E-state index contributed by atoms with van der Waals surface area (Å²) >= 11 is 0. The van der Waals surface area contributed by atoms with Gasteiger partial charge in [0.2, 0.25) is 5.67 Å². The third-order valence-corrected chi connectivity index (χ3v) is 1.51. The SMILES string of the molecule is C[C@@]1(F)C[C@@H](CO)OC1=O. The van der Waals surface area contributed by atoms with Crippen LogP contribution < -0.4 is 0 Å². The number of rotatable bonds is 1. The molecule has 0 bridgehead atoms. The van der Waals surface area contributed by atoms with E-state index in [9.17, 15) is 9.18 Å². The molecule has 0 amide bonds. The molecule has 0 unspecified atom stereocenters. The van der Waals surface area contributed by atoms with Crippen LogP contribution in [-0.4, -0.2) is 29.5 Å². The Morgan fingerprint density at radius 3 is 2.80 bits per heavy atom. The van der Waals surface area contributed by atoms with E-state index in [-0.39, 0.29) is 13.0 Å². The third kappa shape index (κ3) is 1.11. The van der Waals surface area contributed by atoms with E-state index in [1.165, 1.54) is 0 Å². The van der Waals surface area contributed by atoms with Crippen LogP contribution in [-0.2, 0) is 9.53 Å². The van der Waals surface area contributed by atoms with E-state index in [2.05, 4.69) is 4.74 Å². The molecule has 58 valence electrons. The number of aliphatic hydroxyl groups is 1. The van der Waals surface area contributed by atoms with Crippen LogP contribution in [0, 0.1) is 0 Å². The van der Waals surface area contributed by atoms with Gasteiger partial charge in [-0.05, 0) is 6.92 Å².